The summed E-state index contributed by atoms with van der Waals surface area (Å²) in [6.45, 7) is 3.35. The first-order chi connectivity index (χ1) is 12.6. The third kappa shape index (κ3) is 5.77. The zero-order valence-electron chi connectivity index (χ0n) is 15.1. The van der Waals surface area contributed by atoms with E-state index in [0.717, 1.165) is 11.3 Å². The van der Waals surface area contributed by atoms with Gasteiger partial charge in [-0.25, -0.2) is 13.4 Å². The number of hydrogen-bond acceptors (Lipinski definition) is 4. The van der Waals surface area contributed by atoms with Crippen LogP contribution in [0, 0.1) is 0 Å². The first-order valence-electron chi connectivity index (χ1n) is 8.48. The smallest absolute Gasteiger partial charge is 0.191 e. The fraction of sp³-hybridized carbons (Fsp3) is 0.316. The Hall–Kier alpha value is -2.54. The molecule has 140 valence electrons. The zero-order valence-corrected chi connectivity index (χ0v) is 15.9. The molecule has 2 rings (SSSR count). The molecule has 2 N–H and O–H groups in total. The van der Waals surface area contributed by atoms with Gasteiger partial charge in [0.1, 0.15) is 5.75 Å². The molecule has 0 heterocycles. The van der Waals surface area contributed by atoms with Crippen molar-refractivity contribution in [2.24, 2.45) is 4.99 Å². The van der Waals surface area contributed by atoms with Gasteiger partial charge in [-0.3, -0.25) is 0 Å². The summed E-state index contributed by atoms with van der Waals surface area (Å²) < 4.78 is 30.0. The molecule has 7 heteroatoms. The van der Waals surface area contributed by atoms with Crippen molar-refractivity contribution < 1.29 is 13.2 Å². The van der Waals surface area contributed by atoms with Crippen molar-refractivity contribution in [1.29, 1.82) is 0 Å². The van der Waals surface area contributed by atoms with Crippen LogP contribution in [-0.4, -0.2) is 40.3 Å². The minimum absolute atomic E-state index is 0.00388. The quantitative estimate of drug-likeness (QED) is 0.546. The number of hydrogen-bond donors (Lipinski definition) is 2. The van der Waals surface area contributed by atoms with Gasteiger partial charge >= 0.3 is 0 Å². The fourth-order valence-electron chi connectivity index (χ4n) is 2.39. The van der Waals surface area contributed by atoms with E-state index in [4.69, 9.17) is 4.74 Å². The highest BCUT2D eigenvalue weighted by Gasteiger charge is 2.13. The normalized spacial score (nSPS) is 11.8. The molecule has 0 aliphatic carbocycles. The van der Waals surface area contributed by atoms with Crippen LogP contribution in [0.5, 0.6) is 5.75 Å². The molecular formula is C19H25N3O3S. The van der Waals surface area contributed by atoms with Crippen LogP contribution in [0.1, 0.15) is 12.5 Å². The minimum atomic E-state index is -3.31. The lowest BCUT2D eigenvalue weighted by atomic mass is 10.2. The van der Waals surface area contributed by atoms with Gasteiger partial charge in [-0.2, -0.15) is 0 Å². The molecule has 0 unspecified atom stereocenters. The number of sulfone groups is 1. The van der Waals surface area contributed by atoms with Gasteiger partial charge in [0.25, 0.3) is 0 Å². The minimum Gasteiger partial charge on any atom is -0.496 e. The number of methoxy groups -OCH3 is 1. The summed E-state index contributed by atoms with van der Waals surface area (Å²) in [5.74, 6) is 1.34. The van der Waals surface area contributed by atoms with Crippen LogP contribution in [-0.2, 0) is 16.4 Å². The largest absolute Gasteiger partial charge is 0.496 e. The van der Waals surface area contributed by atoms with Gasteiger partial charge in [-0.1, -0.05) is 36.4 Å². The highest BCUT2D eigenvalue weighted by Crippen LogP contribution is 2.17. The second-order valence-electron chi connectivity index (χ2n) is 5.57. The van der Waals surface area contributed by atoms with Crippen molar-refractivity contribution in [3.8, 4) is 5.75 Å². The van der Waals surface area contributed by atoms with Crippen LogP contribution >= 0.6 is 0 Å². The SMILES string of the molecule is CCNC(=NCc1ccccc1OC)NCCS(=O)(=O)c1ccccc1. The van der Waals surface area contributed by atoms with Crippen LogP contribution in [0.3, 0.4) is 0 Å². The Kier molecular flexibility index (Phi) is 7.47. The summed E-state index contributed by atoms with van der Waals surface area (Å²) >= 11 is 0. The van der Waals surface area contributed by atoms with Crippen molar-refractivity contribution in [3.63, 3.8) is 0 Å². The number of ether oxygens (including phenoxy) is 1. The second-order valence-corrected chi connectivity index (χ2v) is 7.67. The molecule has 0 aliphatic rings. The number of aliphatic imine (C=N–C) groups is 1. The summed E-state index contributed by atoms with van der Waals surface area (Å²) in [4.78, 5) is 4.84. The van der Waals surface area contributed by atoms with Gasteiger partial charge in [0.2, 0.25) is 0 Å². The van der Waals surface area contributed by atoms with Gasteiger partial charge < -0.3 is 15.4 Å². The lowest BCUT2D eigenvalue weighted by molar-refractivity contribution is 0.410. The first kappa shape index (κ1) is 19.8. The van der Waals surface area contributed by atoms with Gasteiger partial charge in [0.05, 0.1) is 24.3 Å². The fourth-order valence-corrected chi connectivity index (χ4v) is 3.57. The van der Waals surface area contributed by atoms with Gasteiger partial charge in [-0.05, 0) is 25.1 Å². The maximum atomic E-state index is 12.3. The number of benzene rings is 2. The average molecular weight is 375 g/mol. The molecular weight excluding hydrogens is 350 g/mol. The van der Waals surface area contributed by atoms with Gasteiger partial charge in [-0.15, -0.1) is 0 Å². The molecule has 0 amide bonds. The molecule has 0 fully saturated rings. The Morgan fingerprint density at radius 3 is 2.42 bits per heavy atom. The zero-order chi connectivity index (χ0) is 18.8. The Labute approximate surface area is 155 Å². The third-order valence-electron chi connectivity index (χ3n) is 3.71. The molecule has 6 nitrogen and oxygen atoms in total. The first-order valence-corrected chi connectivity index (χ1v) is 10.1. The predicted octanol–water partition coefficient (Wildman–Crippen LogP) is 2.22. The van der Waals surface area contributed by atoms with Crippen LogP contribution in [0.4, 0.5) is 0 Å². The number of rotatable bonds is 8. The molecule has 0 saturated heterocycles. The number of guanidine groups is 1. The highest BCUT2D eigenvalue weighted by atomic mass is 32.2. The molecule has 2 aromatic carbocycles. The molecule has 2 aromatic rings. The van der Waals surface area contributed by atoms with Crippen molar-refractivity contribution in [2.75, 3.05) is 26.0 Å². The van der Waals surface area contributed by atoms with Gasteiger partial charge in [0, 0.05) is 18.7 Å². The van der Waals surface area contributed by atoms with E-state index in [1.807, 2.05) is 31.2 Å². The second kappa shape index (κ2) is 9.82. The lowest BCUT2D eigenvalue weighted by Crippen LogP contribution is -2.39. The van der Waals surface area contributed by atoms with Crippen molar-refractivity contribution in [2.45, 2.75) is 18.4 Å². The monoisotopic (exact) mass is 375 g/mol. The Bertz CT molecular complexity index is 821. The van der Waals surface area contributed by atoms with Crippen LogP contribution in [0.25, 0.3) is 0 Å². The molecule has 0 aliphatic heterocycles. The summed E-state index contributed by atoms with van der Waals surface area (Å²) in [5.41, 5.74) is 0.962. The third-order valence-corrected chi connectivity index (χ3v) is 5.44. The molecule has 0 spiro atoms. The molecule has 0 atom stereocenters. The number of nitrogens with one attached hydrogen (secondary N) is 2. The Morgan fingerprint density at radius 2 is 1.73 bits per heavy atom. The maximum Gasteiger partial charge on any atom is 0.191 e. The molecule has 0 radical (unpaired) electrons. The number of nitrogens with zero attached hydrogens (tertiary/aromatic N) is 1. The van der Waals surface area contributed by atoms with Crippen molar-refractivity contribution in [1.82, 2.24) is 10.6 Å². The van der Waals surface area contributed by atoms with E-state index in [-0.39, 0.29) is 12.3 Å². The Balaban J connectivity index is 1.97. The van der Waals surface area contributed by atoms with Crippen molar-refractivity contribution in [3.05, 3.63) is 60.2 Å². The van der Waals surface area contributed by atoms with E-state index in [1.54, 1.807) is 37.4 Å². The van der Waals surface area contributed by atoms with E-state index in [1.165, 1.54) is 0 Å². The molecule has 0 aromatic heterocycles. The number of para-hydroxylation sites is 1. The van der Waals surface area contributed by atoms with Crippen molar-refractivity contribution >= 4 is 15.8 Å². The van der Waals surface area contributed by atoms with Crippen LogP contribution < -0.4 is 15.4 Å². The summed E-state index contributed by atoms with van der Waals surface area (Å²) in [5, 5.41) is 6.19. The van der Waals surface area contributed by atoms with E-state index in [9.17, 15) is 8.42 Å². The van der Waals surface area contributed by atoms with E-state index in [0.29, 0.717) is 23.9 Å². The van der Waals surface area contributed by atoms with Gasteiger partial charge in [0.15, 0.2) is 15.8 Å². The predicted molar refractivity (Wildman–Crippen MR) is 104 cm³/mol. The average Bonchev–Trinajstić information content (AvgIpc) is 2.67. The van der Waals surface area contributed by atoms with Crippen LogP contribution in [0.2, 0.25) is 0 Å². The Morgan fingerprint density at radius 1 is 1.04 bits per heavy atom. The maximum absolute atomic E-state index is 12.3. The summed E-state index contributed by atoms with van der Waals surface area (Å²) in [6, 6.07) is 16.1. The lowest BCUT2D eigenvalue weighted by Gasteiger charge is -2.12. The van der Waals surface area contributed by atoms with Crippen LogP contribution in [0.15, 0.2) is 64.5 Å². The van der Waals surface area contributed by atoms with E-state index in [2.05, 4.69) is 15.6 Å². The van der Waals surface area contributed by atoms with E-state index >= 15 is 0 Å². The van der Waals surface area contributed by atoms with E-state index < -0.39 is 9.84 Å². The summed E-state index contributed by atoms with van der Waals surface area (Å²) in [6.07, 6.45) is 0. The molecule has 26 heavy (non-hydrogen) atoms. The summed E-state index contributed by atoms with van der Waals surface area (Å²) in [7, 11) is -1.69. The topological polar surface area (TPSA) is 79.8 Å². The molecule has 0 saturated carbocycles. The highest BCUT2D eigenvalue weighted by molar-refractivity contribution is 7.91. The standard InChI is InChI=1S/C19H25N3O3S/c1-3-20-19(22-15-16-9-7-8-12-18(16)25-2)21-13-14-26(23,24)17-10-5-4-6-11-17/h4-12H,3,13-15H2,1-2H3,(H2,20,21,22). The molecule has 0 bridgehead atoms.